The third-order valence-corrected chi connectivity index (χ3v) is 30.4. The molecule has 16 aromatic rings. The fraction of sp³-hybridized carbons (Fsp3) is 0.382. The summed E-state index contributed by atoms with van der Waals surface area (Å²) in [7, 11) is 10.3. The molecule has 9 N–H and O–H groups in total. The highest BCUT2D eigenvalue weighted by Gasteiger charge is 2.43. The third kappa shape index (κ3) is 20.9. The first-order valence-electron chi connectivity index (χ1n) is 47.9. The Morgan fingerprint density at radius 2 is 0.754 bits per heavy atom. The molecule has 0 radical (unpaired) electrons. The number of benzene rings is 4. The Balaban J connectivity index is 0.000000113. The molecule has 2 saturated heterocycles. The van der Waals surface area contributed by atoms with Crippen molar-refractivity contribution in [2.24, 2.45) is 96.3 Å². The first-order valence-corrected chi connectivity index (χ1v) is 50.5. The van der Waals surface area contributed by atoms with Crippen molar-refractivity contribution in [3.05, 3.63) is 213 Å². The van der Waals surface area contributed by atoms with Crippen LogP contribution in [0.15, 0.2) is 208 Å². The first kappa shape index (κ1) is 91.9. The predicted molar refractivity (Wildman–Crippen MR) is 539 cm³/mol. The molecule has 4 bridgehead atoms. The lowest BCUT2D eigenvalue weighted by Crippen LogP contribution is -2.49. The minimum absolute atomic E-state index is 0.0882. The summed E-state index contributed by atoms with van der Waals surface area (Å²) in [6, 6.07) is 39.0. The number of piperidine rings is 1. The number of aromatic nitrogens is 24. The quantitative estimate of drug-likeness (QED) is 0.0351. The minimum Gasteiger partial charge on any atom is -0.367 e. The van der Waals surface area contributed by atoms with Crippen molar-refractivity contribution < 1.29 is 8.42 Å². The molecule has 36 heteroatoms. The lowest BCUT2D eigenvalue weighted by atomic mass is 9.67. The van der Waals surface area contributed by atoms with Crippen LogP contribution in [0.25, 0.3) is 134 Å². The van der Waals surface area contributed by atoms with E-state index in [9.17, 15) is 8.42 Å². The van der Waals surface area contributed by atoms with Gasteiger partial charge in [-0.15, -0.1) is 10.2 Å². The number of anilines is 4. The van der Waals surface area contributed by atoms with Gasteiger partial charge in [0, 0.05) is 229 Å². The number of aryl methyl sites for hydroxylation is 8. The van der Waals surface area contributed by atoms with Crippen LogP contribution in [0.5, 0.6) is 0 Å². The summed E-state index contributed by atoms with van der Waals surface area (Å²) in [6.07, 6.45) is 47.8. The summed E-state index contributed by atoms with van der Waals surface area (Å²) < 4.78 is 38.0. The molecule has 7 unspecified atom stereocenters. The molecule has 12 aromatic heterocycles. The second kappa shape index (κ2) is 40.1. The molecule has 34 nitrogen and oxygen atoms in total. The van der Waals surface area contributed by atoms with Gasteiger partial charge in [-0.2, -0.15) is 35.7 Å². The SMILES string of the molecule is Cc1nnc(-c2cnc(-c3cccc(-c4cnn(C)c4)c3)nc2NC2CCN(S(C)(=O)=O)CC2)s1.Cn1cc(-c2cccc(-c3ncc(-c4ccn(C)n4)c(NC4C5CCCC4CC(N)C5)n3)c2)cn1.Cn1cc(-c2cccc(-c3ncc(-c4ccn(C)n4)c(NC4CCC5CNCC54)n3)c2)cn1.Cn1cc(-c2cccc(-c3ncc(-c4cnn(C)c4)c(NC4C5CCCC4CC(N)C5)n3)c2)cn1. The lowest BCUT2D eigenvalue weighted by molar-refractivity contribution is 0.149. The highest BCUT2D eigenvalue weighted by Crippen LogP contribution is 2.46. The van der Waals surface area contributed by atoms with Gasteiger partial charge >= 0.3 is 0 Å². The Kier molecular flexibility index (Phi) is 26.7. The van der Waals surface area contributed by atoms with E-state index in [1.165, 1.54) is 73.3 Å². The van der Waals surface area contributed by atoms with E-state index in [0.29, 0.717) is 115 Å². The van der Waals surface area contributed by atoms with Gasteiger partial charge in [-0.05, 0) is 185 Å². The number of hydrogen-bond donors (Lipinski definition) is 7. The van der Waals surface area contributed by atoms with E-state index in [-0.39, 0.29) is 6.04 Å². The van der Waals surface area contributed by atoms with Gasteiger partial charge in [0.05, 0.1) is 65.3 Å². The maximum atomic E-state index is 11.9. The van der Waals surface area contributed by atoms with Crippen LogP contribution in [0.1, 0.15) is 94.9 Å². The summed E-state index contributed by atoms with van der Waals surface area (Å²) in [5, 5.41) is 59.5. The summed E-state index contributed by atoms with van der Waals surface area (Å²) >= 11 is 1.49. The second-order valence-electron chi connectivity index (χ2n) is 38.2. The summed E-state index contributed by atoms with van der Waals surface area (Å²) in [5.74, 6) is 9.76. The molecule has 5 saturated carbocycles. The zero-order chi connectivity index (χ0) is 94.8. The highest BCUT2D eigenvalue weighted by molar-refractivity contribution is 7.88. The molecule has 7 aliphatic rings. The van der Waals surface area contributed by atoms with Crippen molar-refractivity contribution in [1.29, 1.82) is 0 Å². The van der Waals surface area contributed by atoms with Gasteiger partial charge in [-0.25, -0.2) is 52.6 Å². The van der Waals surface area contributed by atoms with Crippen molar-refractivity contribution in [2.45, 2.75) is 133 Å². The molecule has 7 fully saturated rings. The van der Waals surface area contributed by atoms with Crippen LogP contribution >= 0.6 is 11.3 Å². The van der Waals surface area contributed by atoms with E-state index < -0.39 is 10.0 Å². The van der Waals surface area contributed by atoms with Crippen molar-refractivity contribution in [2.75, 3.05) is 53.7 Å². The van der Waals surface area contributed by atoms with Gasteiger partial charge in [0.1, 0.15) is 28.3 Å². The number of nitrogens with one attached hydrogen (secondary N) is 5. The monoisotopic (exact) mass is 1890 g/mol. The molecule has 4 aromatic carbocycles. The van der Waals surface area contributed by atoms with Crippen LogP contribution < -0.4 is 38.1 Å². The Labute approximate surface area is 807 Å². The summed E-state index contributed by atoms with van der Waals surface area (Å²) in [6.45, 7) is 5.08. The van der Waals surface area contributed by atoms with E-state index in [1.807, 2.05) is 220 Å². The Morgan fingerprint density at radius 3 is 1.12 bits per heavy atom. The number of sulfonamides is 1. The maximum Gasteiger partial charge on any atom is 0.211 e. The van der Waals surface area contributed by atoms with Crippen LogP contribution in [0.2, 0.25) is 0 Å². The van der Waals surface area contributed by atoms with E-state index >= 15 is 0 Å². The molecule has 23 rings (SSSR count). The zero-order valence-corrected chi connectivity index (χ0v) is 80.9. The Hall–Kier alpha value is -13.8. The Bertz CT molecular complexity index is 6860. The largest absolute Gasteiger partial charge is 0.367 e. The zero-order valence-electron chi connectivity index (χ0n) is 79.3. The highest BCUT2D eigenvalue weighted by atomic mass is 32.2. The van der Waals surface area contributed by atoms with Gasteiger partial charge in [0.2, 0.25) is 10.0 Å². The van der Waals surface area contributed by atoms with Gasteiger partial charge < -0.3 is 38.1 Å². The van der Waals surface area contributed by atoms with Crippen molar-refractivity contribution >= 4 is 44.6 Å². The number of fused-ring (bicyclic) bond motifs is 5. The van der Waals surface area contributed by atoms with Crippen LogP contribution in [0.4, 0.5) is 23.3 Å². The molecule has 5 aliphatic carbocycles. The van der Waals surface area contributed by atoms with Crippen molar-refractivity contribution in [3.63, 3.8) is 0 Å². The Morgan fingerprint density at radius 1 is 0.384 bits per heavy atom. The molecule has 7 atom stereocenters. The number of nitrogens with two attached hydrogens (primary N) is 2. The smallest absolute Gasteiger partial charge is 0.211 e. The van der Waals surface area contributed by atoms with E-state index in [2.05, 4.69) is 144 Å². The van der Waals surface area contributed by atoms with E-state index in [1.54, 1.807) is 10.9 Å². The van der Waals surface area contributed by atoms with Gasteiger partial charge in [-0.3, -0.25) is 32.8 Å². The van der Waals surface area contributed by atoms with Crippen molar-refractivity contribution in [3.8, 4) is 134 Å². The number of nitrogens with zero attached hydrogens (tertiary/aromatic N) is 25. The van der Waals surface area contributed by atoms with E-state index in [4.69, 9.17) is 46.4 Å². The van der Waals surface area contributed by atoms with Gasteiger partial charge in [0.25, 0.3) is 0 Å². The minimum atomic E-state index is -3.18. The number of hydrogen-bond acceptors (Lipinski definition) is 27. The second-order valence-corrected chi connectivity index (χ2v) is 41.4. The molecule has 710 valence electrons. The molecule has 14 heterocycles. The van der Waals surface area contributed by atoms with E-state index in [0.717, 1.165) is 178 Å². The third-order valence-electron chi connectivity index (χ3n) is 28.2. The number of rotatable bonds is 21. The molecule has 138 heavy (non-hydrogen) atoms. The molecular formula is C102H118N32O2S2. The van der Waals surface area contributed by atoms with Gasteiger partial charge in [0.15, 0.2) is 28.3 Å². The average Bonchev–Trinajstić information content (AvgIpc) is 1.12. The molecule has 2 aliphatic heterocycles. The van der Waals surface area contributed by atoms with Gasteiger partial charge in [-0.1, -0.05) is 97.0 Å². The fourth-order valence-electron chi connectivity index (χ4n) is 21.4. The van der Waals surface area contributed by atoms with Crippen LogP contribution in [0, 0.1) is 42.4 Å². The lowest BCUT2D eigenvalue weighted by Gasteiger charge is -2.45. The average molecular weight is 1890 g/mol. The van der Waals surface area contributed by atoms with Crippen LogP contribution in [0.3, 0.4) is 0 Å². The molecule has 0 spiro atoms. The van der Waals surface area contributed by atoms with Crippen molar-refractivity contribution in [1.82, 2.24) is 128 Å². The standard InChI is InChI=1S/2C27H32N8.C25H28N8.C23H26N8O2S2/c1-34-15-21(12-30-34)17-5-3-8-20(9-17)26-29-14-24(22-13-31-35(2)16-22)27(33-26)32-25-18-6-4-7-19(25)11-23(28)10-18;1-34-10-9-24(33-34)23-15-29-26(20-8-3-5-17(11-20)21-14-30-35(2)16-21)32-27(23)31-25-18-6-4-7-19(25)13-22(28)12-18;1-32-9-8-23(31-32)21-14-27-24(17-5-3-4-16(10-17)19-12-28-33(2)15-19)30-25(21)29-22-7-6-18-11-26-13-20(18)22;1-15-28-29-23(34-15)20-13-24-21(17-6-4-5-16(11-17)18-12-25-30(2)14-18)27-22(20)26-19-7-9-31(10-8-19)35(3,32)33/h3,5,8-9,12-16,18-19,23,25H,4,6-7,10-11,28H2,1-2H3,(H,29,32,33);3,5,8-11,14-16,18-19,22,25H,4,6-7,12-13,28H2,1-2H3,(H,29,31,32);3-5,8-10,12,14-15,18,20,22,26H,6-7,11,13H2,1-2H3,(H,27,29,30);4-6,11-14,19H,7-10H2,1-3H3,(H,24,26,27). The topological polar surface area (TPSA) is 403 Å². The molecular weight excluding hydrogens is 1770 g/mol. The maximum absolute atomic E-state index is 11.9. The molecule has 0 amide bonds. The normalized spacial score (nSPS) is 21.3. The predicted octanol–water partition coefficient (Wildman–Crippen LogP) is 15.1. The van der Waals surface area contributed by atoms with Crippen LogP contribution in [-0.4, -0.2) is 200 Å². The first-order chi connectivity index (χ1) is 67.0. The summed E-state index contributed by atoms with van der Waals surface area (Å²) in [4.78, 5) is 39.1. The van der Waals surface area contributed by atoms with Crippen LogP contribution in [-0.2, 0) is 59.4 Å². The summed E-state index contributed by atoms with van der Waals surface area (Å²) in [5.41, 5.74) is 31.6. The fourth-order valence-corrected chi connectivity index (χ4v) is 23.0.